The number of carbonyl (C=O) groups excluding carboxylic acids is 2. The van der Waals surface area contributed by atoms with E-state index in [1.54, 1.807) is 18.2 Å². The molecule has 0 radical (unpaired) electrons. The van der Waals surface area contributed by atoms with Crippen molar-refractivity contribution in [2.45, 2.75) is 51.5 Å². The third-order valence-corrected chi connectivity index (χ3v) is 5.58. The van der Waals surface area contributed by atoms with Crippen LogP contribution in [0.5, 0.6) is 11.5 Å². The summed E-state index contributed by atoms with van der Waals surface area (Å²) in [5, 5.41) is 5.75. The van der Waals surface area contributed by atoms with Gasteiger partial charge in [-0.25, -0.2) is 0 Å². The van der Waals surface area contributed by atoms with E-state index in [1.807, 2.05) is 19.9 Å². The molecule has 1 saturated carbocycles. The molecule has 3 rings (SSSR count). The van der Waals surface area contributed by atoms with E-state index in [0.717, 1.165) is 25.7 Å². The van der Waals surface area contributed by atoms with Crippen molar-refractivity contribution in [3.63, 3.8) is 0 Å². The molecule has 2 aromatic rings. The molecule has 31 heavy (non-hydrogen) atoms. The van der Waals surface area contributed by atoms with Gasteiger partial charge in [0.2, 0.25) is 5.91 Å². The average molecular weight is 425 g/mol. The minimum absolute atomic E-state index is 0.0470. The zero-order valence-electron chi connectivity index (χ0n) is 18.4. The Morgan fingerprint density at radius 1 is 0.903 bits per heavy atom. The first kappa shape index (κ1) is 22.7. The van der Waals surface area contributed by atoms with E-state index in [4.69, 9.17) is 9.47 Å². The molecule has 6 nitrogen and oxygen atoms in total. The van der Waals surface area contributed by atoms with Gasteiger partial charge in [-0.3, -0.25) is 9.59 Å². The third-order valence-electron chi connectivity index (χ3n) is 5.58. The van der Waals surface area contributed by atoms with Crippen LogP contribution >= 0.6 is 0 Å². The summed E-state index contributed by atoms with van der Waals surface area (Å²) in [6.07, 6.45) is 4.03. The molecule has 0 aliphatic heterocycles. The molecule has 0 bridgehead atoms. The Kier molecular flexibility index (Phi) is 8.33. The first-order valence-electron chi connectivity index (χ1n) is 11.1. The summed E-state index contributed by atoms with van der Waals surface area (Å²) in [7, 11) is 0. The summed E-state index contributed by atoms with van der Waals surface area (Å²) in [4.78, 5) is 24.8. The van der Waals surface area contributed by atoms with Gasteiger partial charge in [0.25, 0.3) is 5.91 Å². The summed E-state index contributed by atoms with van der Waals surface area (Å²) >= 11 is 0. The fourth-order valence-electron chi connectivity index (χ4n) is 4.03. The topological polar surface area (TPSA) is 76.7 Å². The lowest BCUT2D eigenvalue weighted by atomic mass is 9.82. The van der Waals surface area contributed by atoms with Gasteiger partial charge in [0.05, 0.1) is 19.8 Å². The van der Waals surface area contributed by atoms with Crippen LogP contribution in [0.1, 0.15) is 61.4 Å². The Morgan fingerprint density at radius 3 is 2.26 bits per heavy atom. The lowest BCUT2D eigenvalue weighted by Crippen LogP contribution is -2.43. The van der Waals surface area contributed by atoms with Gasteiger partial charge < -0.3 is 20.1 Å². The summed E-state index contributed by atoms with van der Waals surface area (Å²) in [6, 6.07) is 15.7. The third kappa shape index (κ3) is 6.48. The smallest absolute Gasteiger partial charge is 0.251 e. The second-order valence-corrected chi connectivity index (χ2v) is 7.74. The van der Waals surface area contributed by atoms with Crippen LogP contribution in [0.15, 0.2) is 48.5 Å². The number of benzene rings is 2. The second-order valence-electron chi connectivity index (χ2n) is 7.74. The SMILES string of the molecule is CCOc1ccc(C(=O)NCC(=O)NC2CCC(c3ccccc3)CC2)cc1OCC. The van der Waals surface area contributed by atoms with Gasteiger partial charge in [-0.2, -0.15) is 0 Å². The second kappa shape index (κ2) is 11.4. The van der Waals surface area contributed by atoms with Gasteiger partial charge in [0, 0.05) is 11.6 Å². The Labute approximate surface area is 184 Å². The molecule has 1 fully saturated rings. The van der Waals surface area contributed by atoms with Crippen LogP contribution in [-0.2, 0) is 4.79 Å². The van der Waals surface area contributed by atoms with Gasteiger partial charge in [-0.15, -0.1) is 0 Å². The number of hydrogen-bond acceptors (Lipinski definition) is 4. The average Bonchev–Trinajstić information content (AvgIpc) is 2.80. The Balaban J connectivity index is 1.45. The van der Waals surface area contributed by atoms with Crippen LogP contribution in [0.4, 0.5) is 0 Å². The van der Waals surface area contributed by atoms with Gasteiger partial charge in [0.1, 0.15) is 0 Å². The lowest BCUT2D eigenvalue weighted by molar-refractivity contribution is -0.121. The summed E-state index contributed by atoms with van der Waals surface area (Å²) in [5.74, 6) is 1.22. The van der Waals surface area contributed by atoms with Crippen LogP contribution in [0.25, 0.3) is 0 Å². The van der Waals surface area contributed by atoms with Crippen molar-refractivity contribution in [3.05, 3.63) is 59.7 Å². The number of carbonyl (C=O) groups is 2. The Bertz CT molecular complexity index is 861. The van der Waals surface area contributed by atoms with Crippen LogP contribution in [0.2, 0.25) is 0 Å². The summed E-state index contributed by atoms with van der Waals surface area (Å²) in [6.45, 7) is 4.71. The highest BCUT2D eigenvalue weighted by atomic mass is 16.5. The van der Waals surface area contributed by atoms with Gasteiger partial charge in [0.15, 0.2) is 11.5 Å². The van der Waals surface area contributed by atoms with E-state index in [9.17, 15) is 9.59 Å². The molecule has 166 valence electrons. The van der Waals surface area contributed by atoms with E-state index in [0.29, 0.717) is 36.2 Å². The fourth-order valence-corrected chi connectivity index (χ4v) is 4.03. The highest BCUT2D eigenvalue weighted by Gasteiger charge is 2.23. The Morgan fingerprint density at radius 2 is 1.58 bits per heavy atom. The van der Waals surface area contributed by atoms with Crippen molar-refractivity contribution in [1.29, 1.82) is 0 Å². The summed E-state index contributed by atoms with van der Waals surface area (Å²) in [5.41, 5.74) is 1.81. The van der Waals surface area contributed by atoms with E-state index in [1.165, 1.54) is 5.56 Å². The predicted molar refractivity (Wildman–Crippen MR) is 121 cm³/mol. The van der Waals surface area contributed by atoms with E-state index in [-0.39, 0.29) is 24.4 Å². The quantitative estimate of drug-likeness (QED) is 0.637. The molecule has 1 aliphatic rings. The minimum Gasteiger partial charge on any atom is -0.490 e. The molecule has 2 aromatic carbocycles. The lowest BCUT2D eigenvalue weighted by Gasteiger charge is -2.29. The highest BCUT2D eigenvalue weighted by Crippen LogP contribution is 2.32. The van der Waals surface area contributed by atoms with Crippen LogP contribution in [0.3, 0.4) is 0 Å². The normalized spacial score (nSPS) is 18.1. The molecule has 1 aliphatic carbocycles. The summed E-state index contributed by atoms with van der Waals surface area (Å²) < 4.78 is 11.1. The maximum Gasteiger partial charge on any atom is 0.251 e. The maximum atomic E-state index is 12.5. The Hall–Kier alpha value is -3.02. The maximum absolute atomic E-state index is 12.5. The largest absolute Gasteiger partial charge is 0.490 e. The molecule has 6 heteroatoms. The number of nitrogens with one attached hydrogen (secondary N) is 2. The zero-order valence-corrected chi connectivity index (χ0v) is 18.4. The molecule has 2 N–H and O–H groups in total. The standard InChI is InChI=1S/C25H32N2O4/c1-3-30-22-15-12-20(16-23(22)31-4-2)25(29)26-17-24(28)27-21-13-10-19(11-14-21)18-8-6-5-7-9-18/h5-9,12,15-16,19,21H,3-4,10-11,13-14,17H2,1-2H3,(H,26,29)(H,27,28). The molecular weight excluding hydrogens is 392 g/mol. The van der Waals surface area contributed by atoms with Gasteiger partial charge in [-0.1, -0.05) is 30.3 Å². The molecule has 2 amide bonds. The zero-order chi connectivity index (χ0) is 22.1. The van der Waals surface area contributed by atoms with Crippen molar-refractivity contribution in [3.8, 4) is 11.5 Å². The molecule has 0 spiro atoms. The minimum atomic E-state index is -0.313. The van der Waals surface area contributed by atoms with Crippen LogP contribution in [-0.4, -0.2) is 37.6 Å². The van der Waals surface area contributed by atoms with Crippen LogP contribution in [0, 0.1) is 0 Å². The molecule has 0 unspecified atom stereocenters. The van der Waals surface area contributed by atoms with Crippen molar-refractivity contribution in [2.75, 3.05) is 19.8 Å². The number of rotatable bonds is 9. The fraction of sp³-hybridized carbons (Fsp3) is 0.440. The predicted octanol–water partition coefficient (Wildman–Crippen LogP) is 4.06. The molecule has 0 heterocycles. The molecule has 0 aromatic heterocycles. The number of hydrogen-bond donors (Lipinski definition) is 2. The van der Waals surface area contributed by atoms with Crippen molar-refractivity contribution >= 4 is 11.8 Å². The molecule has 0 saturated heterocycles. The highest BCUT2D eigenvalue weighted by molar-refractivity contribution is 5.97. The number of ether oxygens (including phenoxy) is 2. The van der Waals surface area contributed by atoms with E-state index in [2.05, 4.69) is 34.9 Å². The molecular formula is C25H32N2O4. The molecule has 0 atom stereocenters. The van der Waals surface area contributed by atoms with Crippen molar-refractivity contribution in [1.82, 2.24) is 10.6 Å². The number of amides is 2. The van der Waals surface area contributed by atoms with E-state index < -0.39 is 0 Å². The first-order valence-corrected chi connectivity index (χ1v) is 11.1. The van der Waals surface area contributed by atoms with Crippen molar-refractivity contribution < 1.29 is 19.1 Å². The first-order chi connectivity index (χ1) is 15.1. The monoisotopic (exact) mass is 424 g/mol. The van der Waals surface area contributed by atoms with E-state index >= 15 is 0 Å². The van der Waals surface area contributed by atoms with Crippen LogP contribution < -0.4 is 20.1 Å². The van der Waals surface area contributed by atoms with Crippen molar-refractivity contribution in [2.24, 2.45) is 0 Å². The van der Waals surface area contributed by atoms with Gasteiger partial charge >= 0.3 is 0 Å². The van der Waals surface area contributed by atoms with Gasteiger partial charge in [-0.05, 0) is 69.2 Å².